The van der Waals surface area contributed by atoms with Gasteiger partial charge in [-0.05, 0) is 26.7 Å². The van der Waals surface area contributed by atoms with Crippen LogP contribution in [0.2, 0.25) is 0 Å². The van der Waals surface area contributed by atoms with Crippen molar-refractivity contribution in [2.24, 2.45) is 5.92 Å². The Kier molecular flexibility index (Phi) is 5.47. The van der Waals surface area contributed by atoms with E-state index in [2.05, 4.69) is 29.3 Å². The van der Waals surface area contributed by atoms with Crippen LogP contribution in [-0.2, 0) is 22.5 Å². The summed E-state index contributed by atoms with van der Waals surface area (Å²) in [6.07, 6.45) is 0.783. The minimum absolute atomic E-state index is 0.295. The number of aromatic nitrogens is 2. The maximum Gasteiger partial charge on any atom is 0.325 e. The van der Waals surface area contributed by atoms with Crippen LogP contribution in [0.3, 0.4) is 0 Å². The molecule has 0 saturated carbocycles. The van der Waals surface area contributed by atoms with Crippen LogP contribution in [-0.4, -0.2) is 28.3 Å². The van der Waals surface area contributed by atoms with Gasteiger partial charge in [0.1, 0.15) is 5.54 Å². The van der Waals surface area contributed by atoms with Gasteiger partial charge in [0.25, 0.3) is 0 Å². The number of carbonyl (C=O) groups excluding carboxylic acids is 1. The van der Waals surface area contributed by atoms with Gasteiger partial charge < -0.3 is 9.26 Å². The molecule has 6 heteroatoms. The summed E-state index contributed by atoms with van der Waals surface area (Å²) in [6, 6.07) is 0. The maximum atomic E-state index is 11.7. The molecule has 0 aliphatic rings. The van der Waals surface area contributed by atoms with Crippen molar-refractivity contribution < 1.29 is 14.1 Å². The molecule has 0 amide bonds. The number of carbonyl (C=O) groups is 1. The van der Waals surface area contributed by atoms with E-state index in [1.807, 2.05) is 0 Å². The zero-order valence-corrected chi connectivity index (χ0v) is 12.3. The first-order valence-electron chi connectivity index (χ1n) is 6.59. The number of ether oxygens (including phenoxy) is 1. The molecule has 0 aliphatic heterocycles. The van der Waals surface area contributed by atoms with Gasteiger partial charge in [-0.15, -0.1) is 0 Å². The zero-order valence-electron chi connectivity index (χ0n) is 12.3. The SMILES string of the molecule is CCOC(=O)C(C)(C)NCc1nc(CC(C)C)no1. The lowest BCUT2D eigenvalue weighted by atomic mass is 10.1. The highest BCUT2D eigenvalue weighted by Gasteiger charge is 2.29. The molecule has 0 saturated heterocycles. The van der Waals surface area contributed by atoms with Crippen molar-refractivity contribution in [3.05, 3.63) is 11.7 Å². The Bertz CT molecular complexity index is 413. The second-order valence-electron chi connectivity index (χ2n) is 5.40. The first kappa shape index (κ1) is 15.6. The molecule has 1 aromatic heterocycles. The maximum absolute atomic E-state index is 11.7. The predicted octanol–water partition coefficient (Wildman–Crippen LogP) is 1.70. The molecule has 6 nitrogen and oxygen atoms in total. The van der Waals surface area contributed by atoms with Crippen LogP contribution >= 0.6 is 0 Å². The highest BCUT2D eigenvalue weighted by Crippen LogP contribution is 2.08. The lowest BCUT2D eigenvalue weighted by Gasteiger charge is -2.22. The van der Waals surface area contributed by atoms with Gasteiger partial charge in [0, 0.05) is 6.42 Å². The molecule has 1 rings (SSSR count). The van der Waals surface area contributed by atoms with Crippen molar-refractivity contribution in [2.45, 2.75) is 53.1 Å². The largest absolute Gasteiger partial charge is 0.465 e. The van der Waals surface area contributed by atoms with Gasteiger partial charge in [-0.2, -0.15) is 4.98 Å². The van der Waals surface area contributed by atoms with Gasteiger partial charge in [-0.3, -0.25) is 10.1 Å². The summed E-state index contributed by atoms with van der Waals surface area (Å²) in [5, 5.41) is 6.95. The average molecular weight is 269 g/mol. The van der Waals surface area contributed by atoms with Gasteiger partial charge in [0.05, 0.1) is 13.2 Å². The van der Waals surface area contributed by atoms with Crippen LogP contribution in [0.15, 0.2) is 4.52 Å². The Morgan fingerprint density at radius 2 is 2.16 bits per heavy atom. The van der Waals surface area contributed by atoms with Crippen LogP contribution in [0, 0.1) is 5.92 Å². The van der Waals surface area contributed by atoms with E-state index in [0.29, 0.717) is 30.8 Å². The van der Waals surface area contributed by atoms with Gasteiger partial charge in [0.15, 0.2) is 5.82 Å². The smallest absolute Gasteiger partial charge is 0.325 e. The van der Waals surface area contributed by atoms with Crippen molar-refractivity contribution in [1.82, 2.24) is 15.5 Å². The lowest BCUT2D eigenvalue weighted by molar-refractivity contribution is -0.149. The third kappa shape index (κ3) is 4.98. The third-order valence-electron chi connectivity index (χ3n) is 2.57. The molecule has 0 bridgehead atoms. The number of nitrogens with zero attached hydrogens (tertiary/aromatic N) is 2. The second-order valence-corrected chi connectivity index (χ2v) is 5.40. The molecule has 0 unspecified atom stereocenters. The van der Waals surface area contributed by atoms with Gasteiger partial charge in [-0.25, -0.2) is 0 Å². The second kappa shape index (κ2) is 6.65. The minimum atomic E-state index is -0.775. The fourth-order valence-corrected chi connectivity index (χ4v) is 1.49. The first-order valence-corrected chi connectivity index (χ1v) is 6.59. The van der Waals surface area contributed by atoms with E-state index >= 15 is 0 Å². The van der Waals surface area contributed by atoms with Crippen molar-refractivity contribution in [1.29, 1.82) is 0 Å². The molecular weight excluding hydrogens is 246 g/mol. The van der Waals surface area contributed by atoms with E-state index < -0.39 is 5.54 Å². The van der Waals surface area contributed by atoms with Crippen LogP contribution in [0.5, 0.6) is 0 Å². The predicted molar refractivity (Wildman–Crippen MR) is 70.4 cm³/mol. The number of rotatable bonds is 7. The molecule has 0 radical (unpaired) electrons. The van der Waals surface area contributed by atoms with Crippen molar-refractivity contribution >= 4 is 5.97 Å². The quantitative estimate of drug-likeness (QED) is 0.759. The number of nitrogens with one attached hydrogen (secondary N) is 1. The normalized spacial score (nSPS) is 11.9. The summed E-state index contributed by atoms with van der Waals surface area (Å²) in [4.78, 5) is 16.0. The van der Waals surface area contributed by atoms with Gasteiger partial charge in [-0.1, -0.05) is 19.0 Å². The molecule has 1 aromatic rings. The molecule has 108 valence electrons. The van der Waals surface area contributed by atoms with E-state index in [9.17, 15) is 4.79 Å². The zero-order chi connectivity index (χ0) is 14.5. The number of esters is 1. The molecule has 0 spiro atoms. The standard InChI is InChI=1S/C13H23N3O3/c1-6-18-12(17)13(4,5)14-8-11-15-10(16-19-11)7-9(2)3/h9,14H,6-8H2,1-5H3. The van der Waals surface area contributed by atoms with Crippen LogP contribution in [0.4, 0.5) is 0 Å². The summed E-state index contributed by atoms with van der Waals surface area (Å²) in [5.41, 5.74) is -0.775. The van der Waals surface area contributed by atoms with Gasteiger partial charge >= 0.3 is 5.97 Å². The fraction of sp³-hybridized carbons (Fsp3) is 0.769. The molecule has 0 aromatic carbocycles. The number of hydrogen-bond acceptors (Lipinski definition) is 6. The van der Waals surface area contributed by atoms with Crippen molar-refractivity contribution in [3.63, 3.8) is 0 Å². The van der Waals surface area contributed by atoms with Crippen molar-refractivity contribution in [3.8, 4) is 0 Å². The number of hydrogen-bond donors (Lipinski definition) is 1. The summed E-state index contributed by atoms with van der Waals surface area (Å²) >= 11 is 0. The summed E-state index contributed by atoms with van der Waals surface area (Å²) in [7, 11) is 0. The van der Waals surface area contributed by atoms with Gasteiger partial charge in [0.2, 0.25) is 5.89 Å². The van der Waals surface area contributed by atoms with Crippen molar-refractivity contribution in [2.75, 3.05) is 6.61 Å². The average Bonchev–Trinajstić information content (AvgIpc) is 2.74. The fourth-order valence-electron chi connectivity index (χ4n) is 1.49. The lowest BCUT2D eigenvalue weighted by Crippen LogP contribution is -2.47. The minimum Gasteiger partial charge on any atom is -0.465 e. The molecule has 0 fully saturated rings. The molecule has 0 atom stereocenters. The molecule has 1 N–H and O–H groups in total. The highest BCUT2D eigenvalue weighted by atomic mass is 16.5. The van der Waals surface area contributed by atoms with E-state index in [4.69, 9.17) is 9.26 Å². The molecule has 19 heavy (non-hydrogen) atoms. The monoisotopic (exact) mass is 269 g/mol. The molecular formula is C13H23N3O3. The first-order chi connectivity index (χ1) is 8.85. The van der Waals surface area contributed by atoms with E-state index in [1.165, 1.54) is 0 Å². The summed E-state index contributed by atoms with van der Waals surface area (Å²) in [5.74, 6) is 1.36. The topological polar surface area (TPSA) is 77.2 Å². The van der Waals surface area contributed by atoms with Crippen LogP contribution in [0.1, 0.15) is 46.3 Å². The Hall–Kier alpha value is -1.43. The third-order valence-corrected chi connectivity index (χ3v) is 2.57. The summed E-state index contributed by atoms with van der Waals surface area (Å²) < 4.78 is 10.1. The summed E-state index contributed by atoms with van der Waals surface area (Å²) in [6.45, 7) is 10.2. The Labute approximate surface area is 113 Å². The van der Waals surface area contributed by atoms with Crippen LogP contribution < -0.4 is 5.32 Å². The highest BCUT2D eigenvalue weighted by molar-refractivity contribution is 5.79. The Morgan fingerprint density at radius 1 is 1.47 bits per heavy atom. The van der Waals surface area contributed by atoms with E-state index in [-0.39, 0.29) is 5.97 Å². The Balaban J connectivity index is 2.51. The van der Waals surface area contributed by atoms with E-state index in [0.717, 1.165) is 6.42 Å². The molecule has 0 aliphatic carbocycles. The van der Waals surface area contributed by atoms with Crippen LogP contribution in [0.25, 0.3) is 0 Å². The van der Waals surface area contributed by atoms with E-state index in [1.54, 1.807) is 20.8 Å². The Morgan fingerprint density at radius 3 is 2.74 bits per heavy atom. The molecule has 1 heterocycles.